The van der Waals surface area contributed by atoms with Crippen LogP contribution in [0.4, 0.5) is 0 Å². The number of hydrogen-bond donors (Lipinski definition) is 2. The molecule has 2 unspecified atom stereocenters. The second kappa shape index (κ2) is 17.9. The Hall–Kier alpha value is 0.0800. The highest BCUT2D eigenvalue weighted by atomic mass is 31.2. The number of rotatable bonds is 14. The lowest BCUT2D eigenvalue weighted by Crippen LogP contribution is -2.21. The molecular formula is C17H38O5P2+2. The molecule has 7 heteroatoms. The maximum absolute atomic E-state index is 9.39. The fourth-order valence-electron chi connectivity index (χ4n) is 3.02. The molecule has 0 saturated heterocycles. The first-order valence-corrected chi connectivity index (χ1v) is 11.6. The Balaban J connectivity index is 0. The Morgan fingerprint density at radius 1 is 0.667 bits per heavy atom. The van der Waals surface area contributed by atoms with Gasteiger partial charge in [-0.3, -0.25) is 0 Å². The zero-order valence-corrected chi connectivity index (χ0v) is 17.8. The van der Waals surface area contributed by atoms with Crippen molar-refractivity contribution in [3.63, 3.8) is 0 Å². The van der Waals surface area contributed by atoms with Crippen molar-refractivity contribution in [3.8, 4) is 0 Å². The molecule has 0 fully saturated rings. The van der Waals surface area contributed by atoms with Crippen LogP contribution < -0.4 is 0 Å². The van der Waals surface area contributed by atoms with Crippen molar-refractivity contribution in [2.75, 3.05) is 0 Å². The lowest BCUT2D eigenvalue weighted by atomic mass is 9.71. The summed E-state index contributed by atoms with van der Waals surface area (Å²) < 4.78 is 22.2. The third-order valence-corrected chi connectivity index (χ3v) is 5.50. The SMILES string of the molecule is CCCCC(CCCC)(CCCC)CCCC.O=[P+](O)O[P+](=O)O. The predicted octanol–water partition coefficient (Wildman–Crippen LogP) is 7.04. The summed E-state index contributed by atoms with van der Waals surface area (Å²) >= 11 is 0. The molecule has 2 N–H and O–H groups in total. The summed E-state index contributed by atoms with van der Waals surface area (Å²) in [4.78, 5) is 15.3. The monoisotopic (exact) mass is 384 g/mol. The summed E-state index contributed by atoms with van der Waals surface area (Å²) in [5.41, 5.74) is 0.706. The fourth-order valence-corrected chi connectivity index (χ4v) is 3.49. The molecule has 0 aromatic rings. The maximum atomic E-state index is 9.39. The average Bonchev–Trinajstić information content (AvgIpc) is 2.53. The van der Waals surface area contributed by atoms with E-state index in [1.54, 1.807) is 0 Å². The Labute approximate surface area is 150 Å². The van der Waals surface area contributed by atoms with Gasteiger partial charge in [0, 0.05) is 9.13 Å². The van der Waals surface area contributed by atoms with E-state index in [0.717, 1.165) is 0 Å². The van der Waals surface area contributed by atoms with Crippen LogP contribution in [-0.4, -0.2) is 9.79 Å². The minimum absolute atomic E-state index is 0.706. The Morgan fingerprint density at radius 2 is 0.917 bits per heavy atom. The summed E-state index contributed by atoms with van der Waals surface area (Å²) in [6.45, 7) is 9.35. The van der Waals surface area contributed by atoms with E-state index in [4.69, 9.17) is 9.79 Å². The molecule has 5 nitrogen and oxygen atoms in total. The first-order chi connectivity index (χ1) is 11.4. The largest absolute Gasteiger partial charge is 0.745 e. The van der Waals surface area contributed by atoms with Crippen molar-refractivity contribution in [2.24, 2.45) is 5.41 Å². The lowest BCUT2D eigenvalue weighted by Gasteiger charge is -2.34. The van der Waals surface area contributed by atoms with E-state index < -0.39 is 16.5 Å². The molecule has 2 atom stereocenters. The van der Waals surface area contributed by atoms with E-state index in [2.05, 4.69) is 32.0 Å². The number of hydrogen-bond acceptors (Lipinski definition) is 3. The van der Waals surface area contributed by atoms with E-state index in [1.165, 1.54) is 77.0 Å². The van der Waals surface area contributed by atoms with Crippen LogP contribution in [0, 0.1) is 5.41 Å². The Morgan fingerprint density at radius 3 is 1.04 bits per heavy atom. The van der Waals surface area contributed by atoms with Gasteiger partial charge in [0.15, 0.2) is 4.31 Å². The van der Waals surface area contributed by atoms with E-state index in [-0.39, 0.29) is 0 Å². The quantitative estimate of drug-likeness (QED) is 0.314. The van der Waals surface area contributed by atoms with Gasteiger partial charge in [-0.05, 0) is 31.1 Å². The van der Waals surface area contributed by atoms with Gasteiger partial charge in [-0.15, -0.1) is 9.79 Å². The van der Waals surface area contributed by atoms with Gasteiger partial charge in [0.05, 0.1) is 0 Å². The van der Waals surface area contributed by atoms with Crippen LogP contribution in [0.3, 0.4) is 0 Å². The second-order valence-electron chi connectivity index (χ2n) is 6.47. The van der Waals surface area contributed by atoms with Crippen LogP contribution in [0.2, 0.25) is 0 Å². The highest BCUT2D eigenvalue weighted by Gasteiger charge is 2.31. The molecule has 144 valence electrons. The van der Waals surface area contributed by atoms with Gasteiger partial charge in [-0.1, -0.05) is 79.1 Å². The minimum Gasteiger partial charge on any atom is -0.131 e. The van der Waals surface area contributed by atoms with Gasteiger partial charge < -0.3 is 0 Å². The Bertz CT molecular complexity index is 275. The van der Waals surface area contributed by atoms with Gasteiger partial charge in [0.25, 0.3) is 0 Å². The van der Waals surface area contributed by atoms with Crippen LogP contribution in [-0.2, 0) is 13.4 Å². The first-order valence-electron chi connectivity index (χ1n) is 9.37. The maximum Gasteiger partial charge on any atom is 0.745 e. The van der Waals surface area contributed by atoms with E-state index in [1.807, 2.05) is 0 Å². The topological polar surface area (TPSA) is 83.8 Å². The fraction of sp³-hybridized carbons (Fsp3) is 1.00. The Kier molecular flexibility index (Phi) is 19.6. The number of unbranched alkanes of at least 4 members (excludes halogenated alkanes) is 4. The third kappa shape index (κ3) is 16.9. The standard InChI is InChI=1S/C17H36.O5P2/c1-5-9-13-17(14-10-6-2,15-11-7-3)16-12-8-4;1-6(2)5-7(3)4/h5-16H2,1-4H3;/p+2. The summed E-state index contributed by atoms with van der Waals surface area (Å²) in [5, 5.41) is 0. The van der Waals surface area contributed by atoms with E-state index in [0.29, 0.717) is 5.41 Å². The van der Waals surface area contributed by atoms with Gasteiger partial charge in [-0.25, -0.2) is 0 Å². The lowest BCUT2D eigenvalue weighted by molar-refractivity contribution is 0.177. The smallest absolute Gasteiger partial charge is 0.131 e. The van der Waals surface area contributed by atoms with Crippen LogP contribution in [0.1, 0.15) is 105 Å². The predicted molar refractivity (Wildman–Crippen MR) is 101 cm³/mol. The minimum atomic E-state index is -2.92. The molecule has 0 aromatic heterocycles. The van der Waals surface area contributed by atoms with Crippen molar-refractivity contribution in [1.29, 1.82) is 0 Å². The zero-order chi connectivity index (χ0) is 18.8. The highest BCUT2D eigenvalue weighted by molar-refractivity contribution is 7.46. The molecule has 0 aliphatic heterocycles. The van der Waals surface area contributed by atoms with Crippen molar-refractivity contribution in [2.45, 2.75) is 105 Å². The first kappa shape index (κ1) is 26.3. The van der Waals surface area contributed by atoms with Crippen molar-refractivity contribution in [1.82, 2.24) is 0 Å². The highest BCUT2D eigenvalue weighted by Crippen LogP contribution is 2.41. The molecule has 0 spiro atoms. The van der Waals surface area contributed by atoms with Gasteiger partial charge in [0.2, 0.25) is 0 Å². The normalized spacial score (nSPS) is 12.4. The van der Waals surface area contributed by atoms with Crippen LogP contribution in [0.5, 0.6) is 0 Å². The molecule has 0 saturated carbocycles. The molecule has 0 bridgehead atoms. The van der Waals surface area contributed by atoms with Gasteiger partial charge >= 0.3 is 16.5 Å². The molecule has 0 heterocycles. The average molecular weight is 384 g/mol. The molecule has 0 rings (SSSR count). The second-order valence-corrected chi connectivity index (χ2v) is 8.08. The summed E-state index contributed by atoms with van der Waals surface area (Å²) in [7, 11) is -5.85. The molecule has 0 radical (unpaired) electrons. The van der Waals surface area contributed by atoms with Gasteiger partial charge in [0.1, 0.15) is 0 Å². The molecule has 24 heavy (non-hydrogen) atoms. The van der Waals surface area contributed by atoms with E-state index >= 15 is 0 Å². The molecule has 0 aliphatic rings. The van der Waals surface area contributed by atoms with Crippen molar-refractivity contribution >= 4 is 16.5 Å². The van der Waals surface area contributed by atoms with Crippen LogP contribution >= 0.6 is 16.5 Å². The van der Waals surface area contributed by atoms with Crippen LogP contribution in [0.15, 0.2) is 0 Å². The van der Waals surface area contributed by atoms with E-state index in [9.17, 15) is 9.13 Å². The molecule has 0 amide bonds. The summed E-state index contributed by atoms with van der Waals surface area (Å²) in [6, 6.07) is 0. The molecule has 0 aromatic carbocycles. The van der Waals surface area contributed by atoms with Crippen molar-refractivity contribution in [3.05, 3.63) is 0 Å². The summed E-state index contributed by atoms with van der Waals surface area (Å²) in [6.07, 6.45) is 17.2. The molecule has 0 aliphatic carbocycles. The van der Waals surface area contributed by atoms with Crippen LogP contribution in [0.25, 0.3) is 0 Å². The third-order valence-electron chi connectivity index (χ3n) is 4.38. The van der Waals surface area contributed by atoms with Gasteiger partial charge in [-0.2, -0.15) is 0 Å². The summed E-state index contributed by atoms with van der Waals surface area (Å²) in [5.74, 6) is 0. The van der Waals surface area contributed by atoms with Crippen molar-refractivity contribution < 1.29 is 23.2 Å². The zero-order valence-electron chi connectivity index (χ0n) is 16.0. The molecular weight excluding hydrogens is 346 g/mol.